The third-order valence-corrected chi connectivity index (χ3v) is 12.3. The van der Waals surface area contributed by atoms with Crippen molar-refractivity contribution in [2.24, 2.45) is 0 Å². The molecular formula is C34H37N2O3PS. The fraction of sp³-hybridized carbons (Fsp3) is 0.265. The molecule has 7 heteroatoms. The summed E-state index contributed by atoms with van der Waals surface area (Å²) in [5.41, 5.74) is 2.49. The standard InChI is InChI=1S/C34H37N2O3PS/c1-26-21-23-28(24-22-26)36-41(38,39)33(25-27-13-5-2-6-14-27)34(37)35-31-19-11-12-20-32(31)40(29-15-7-3-8-16-29)30-17-9-4-10-18-30/h2-10,13-18,21-24,31-33,36H,11-12,19-20,25H2,1H3,(H,35,37)/t31-,32-,33+/m1/s1. The molecule has 0 bridgehead atoms. The van der Waals surface area contributed by atoms with E-state index in [1.165, 1.54) is 10.6 Å². The van der Waals surface area contributed by atoms with Crippen LogP contribution in [0.2, 0.25) is 0 Å². The van der Waals surface area contributed by atoms with Gasteiger partial charge < -0.3 is 5.32 Å². The summed E-state index contributed by atoms with van der Waals surface area (Å²) >= 11 is 0. The number of carbonyl (C=O) groups excluding carboxylic acids is 1. The first-order valence-electron chi connectivity index (χ1n) is 14.2. The van der Waals surface area contributed by atoms with Crippen LogP contribution >= 0.6 is 7.92 Å². The Morgan fingerprint density at radius 1 is 0.780 bits per heavy atom. The van der Waals surface area contributed by atoms with Gasteiger partial charge in [-0.05, 0) is 62.4 Å². The molecule has 4 aromatic carbocycles. The van der Waals surface area contributed by atoms with Crippen LogP contribution in [0, 0.1) is 6.92 Å². The number of amides is 1. The summed E-state index contributed by atoms with van der Waals surface area (Å²) < 4.78 is 30.2. The van der Waals surface area contributed by atoms with Gasteiger partial charge in [0, 0.05) is 17.4 Å². The van der Waals surface area contributed by atoms with Gasteiger partial charge in [-0.15, -0.1) is 0 Å². The highest BCUT2D eigenvalue weighted by atomic mass is 32.2. The zero-order valence-electron chi connectivity index (χ0n) is 23.3. The largest absolute Gasteiger partial charge is 0.352 e. The zero-order valence-corrected chi connectivity index (χ0v) is 25.0. The first-order valence-corrected chi connectivity index (χ1v) is 17.2. The minimum Gasteiger partial charge on any atom is -0.352 e. The zero-order chi connectivity index (χ0) is 28.7. The van der Waals surface area contributed by atoms with E-state index in [1.807, 2.05) is 61.5 Å². The lowest BCUT2D eigenvalue weighted by molar-refractivity contribution is -0.121. The van der Waals surface area contributed by atoms with Gasteiger partial charge in [-0.1, -0.05) is 122 Å². The lowest BCUT2D eigenvalue weighted by Gasteiger charge is -2.39. The van der Waals surface area contributed by atoms with Gasteiger partial charge in [0.15, 0.2) is 5.25 Å². The smallest absolute Gasteiger partial charge is 0.245 e. The van der Waals surface area contributed by atoms with E-state index in [0.29, 0.717) is 5.69 Å². The number of hydrogen-bond acceptors (Lipinski definition) is 3. The van der Waals surface area contributed by atoms with Crippen molar-refractivity contribution < 1.29 is 13.2 Å². The number of rotatable bonds is 10. The highest BCUT2D eigenvalue weighted by Crippen LogP contribution is 2.46. The molecule has 1 fully saturated rings. The van der Waals surface area contributed by atoms with Gasteiger partial charge in [0.1, 0.15) is 0 Å². The third kappa shape index (κ3) is 7.44. The average Bonchev–Trinajstić information content (AvgIpc) is 2.99. The van der Waals surface area contributed by atoms with Gasteiger partial charge in [-0.2, -0.15) is 0 Å². The molecule has 1 aliphatic rings. The van der Waals surface area contributed by atoms with E-state index < -0.39 is 29.1 Å². The molecule has 2 N–H and O–H groups in total. The normalized spacial score (nSPS) is 18.0. The van der Waals surface area contributed by atoms with Gasteiger partial charge in [0.05, 0.1) is 0 Å². The average molecular weight is 585 g/mol. The van der Waals surface area contributed by atoms with Gasteiger partial charge >= 0.3 is 0 Å². The first kappa shape index (κ1) is 29.0. The molecule has 41 heavy (non-hydrogen) atoms. The van der Waals surface area contributed by atoms with Crippen molar-refractivity contribution in [3.8, 4) is 0 Å². The second kappa shape index (κ2) is 13.5. The van der Waals surface area contributed by atoms with Crippen LogP contribution in [0.25, 0.3) is 0 Å². The van der Waals surface area contributed by atoms with Crippen LogP contribution in [0.4, 0.5) is 5.69 Å². The van der Waals surface area contributed by atoms with Crippen LogP contribution in [-0.4, -0.2) is 31.3 Å². The van der Waals surface area contributed by atoms with Crippen molar-refractivity contribution in [1.82, 2.24) is 5.32 Å². The van der Waals surface area contributed by atoms with E-state index in [2.05, 4.69) is 58.6 Å². The second-order valence-corrected chi connectivity index (χ2v) is 15.0. The number of carbonyl (C=O) groups is 1. The fourth-order valence-electron chi connectivity index (χ4n) is 5.60. The van der Waals surface area contributed by atoms with Crippen molar-refractivity contribution in [3.63, 3.8) is 0 Å². The summed E-state index contributed by atoms with van der Waals surface area (Å²) in [6, 6.07) is 37.5. The van der Waals surface area contributed by atoms with Crippen molar-refractivity contribution in [2.45, 2.75) is 56.0 Å². The van der Waals surface area contributed by atoms with Crippen LogP contribution in [-0.2, 0) is 21.2 Å². The third-order valence-electron chi connectivity index (χ3n) is 7.70. The first-order chi connectivity index (χ1) is 19.9. The number of aryl methyl sites for hydroxylation is 1. The number of anilines is 1. The predicted octanol–water partition coefficient (Wildman–Crippen LogP) is 5.91. The molecule has 212 valence electrons. The molecule has 0 heterocycles. The lowest BCUT2D eigenvalue weighted by Crippen LogP contribution is -2.52. The highest BCUT2D eigenvalue weighted by Gasteiger charge is 2.39. The van der Waals surface area contributed by atoms with Gasteiger partial charge in [-0.25, -0.2) is 8.42 Å². The molecule has 5 rings (SSSR count). The fourth-order valence-corrected chi connectivity index (χ4v) is 10.0. The molecule has 4 aromatic rings. The molecule has 1 amide bonds. The van der Waals surface area contributed by atoms with E-state index in [4.69, 9.17) is 0 Å². The summed E-state index contributed by atoms with van der Waals surface area (Å²) in [7, 11) is -4.79. The Labute approximate surface area is 245 Å². The molecule has 0 aromatic heterocycles. The minimum absolute atomic E-state index is 0.0946. The monoisotopic (exact) mass is 584 g/mol. The Morgan fingerprint density at radius 2 is 1.32 bits per heavy atom. The van der Waals surface area contributed by atoms with Crippen LogP contribution < -0.4 is 20.6 Å². The van der Waals surface area contributed by atoms with E-state index in [-0.39, 0.29) is 18.1 Å². The molecular weight excluding hydrogens is 547 g/mol. The van der Waals surface area contributed by atoms with Gasteiger partial charge in [0.25, 0.3) is 0 Å². The van der Waals surface area contributed by atoms with Crippen molar-refractivity contribution in [2.75, 3.05) is 4.72 Å². The maximum atomic E-state index is 14.0. The maximum absolute atomic E-state index is 14.0. The number of nitrogens with one attached hydrogen (secondary N) is 2. The summed E-state index contributed by atoms with van der Waals surface area (Å²) in [5.74, 6) is -0.443. The molecule has 3 atom stereocenters. The summed E-state index contributed by atoms with van der Waals surface area (Å²) in [6.45, 7) is 1.95. The van der Waals surface area contributed by atoms with E-state index in [9.17, 15) is 13.2 Å². The van der Waals surface area contributed by atoms with Crippen LogP contribution in [0.1, 0.15) is 36.8 Å². The molecule has 0 saturated heterocycles. The number of sulfonamides is 1. The molecule has 1 saturated carbocycles. The molecule has 5 nitrogen and oxygen atoms in total. The topological polar surface area (TPSA) is 75.3 Å². The Hall–Kier alpha value is -3.47. The quantitative estimate of drug-likeness (QED) is 0.228. The van der Waals surface area contributed by atoms with Crippen LogP contribution in [0.15, 0.2) is 115 Å². The van der Waals surface area contributed by atoms with Crippen molar-refractivity contribution in [1.29, 1.82) is 0 Å². The lowest BCUT2D eigenvalue weighted by atomic mass is 9.94. The highest BCUT2D eigenvalue weighted by molar-refractivity contribution is 7.94. The molecule has 0 radical (unpaired) electrons. The van der Waals surface area contributed by atoms with Gasteiger partial charge in [0.2, 0.25) is 15.9 Å². The minimum atomic E-state index is -4.04. The Kier molecular flexibility index (Phi) is 9.53. The van der Waals surface area contributed by atoms with Gasteiger partial charge in [-0.3, -0.25) is 9.52 Å². The molecule has 0 spiro atoms. The summed E-state index contributed by atoms with van der Waals surface area (Å²) in [4.78, 5) is 14.0. The molecule has 1 aliphatic carbocycles. The van der Waals surface area contributed by atoms with Crippen molar-refractivity contribution in [3.05, 3.63) is 126 Å². The number of hydrogen-bond donors (Lipinski definition) is 2. The summed E-state index contributed by atoms with van der Waals surface area (Å²) in [5, 5.41) is 4.54. The van der Waals surface area contributed by atoms with Crippen LogP contribution in [0.3, 0.4) is 0 Å². The molecule has 0 unspecified atom stereocenters. The second-order valence-electron chi connectivity index (χ2n) is 10.7. The van der Waals surface area contributed by atoms with Crippen molar-refractivity contribution >= 4 is 40.1 Å². The maximum Gasteiger partial charge on any atom is 0.245 e. The summed E-state index contributed by atoms with van der Waals surface area (Å²) in [6.07, 6.45) is 4.01. The molecule has 0 aliphatic heterocycles. The Balaban J connectivity index is 1.44. The SMILES string of the molecule is Cc1ccc(NS(=O)(=O)[C@@H](Cc2ccccc2)C(=O)N[C@@H]2CCCC[C@H]2P(c2ccccc2)c2ccccc2)cc1. The Bertz CT molecular complexity index is 1480. The van der Waals surface area contributed by atoms with E-state index in [0.717, 1.165) is 36.8 Å². The van der Waals surface area contributed by atoms with E-state index >= 15 is 0 Å². The number of benzene rings is 4. The Morgan fingerprint density at radius 3 is 1.90 bits per heavy atom. The predicted molar refractivity (Wildman–Crippen MR) is 171 cm³/mol. The van der Waals surface area contributed by atoms with E-state index in [1.54, 1.807) is 12.1 Å². The van der Waals surface area contributed by atoms with Crippen LogP contribution in [0.5, 0.6) is 0 Å².